The van der Waals surface area contributed by atoms with Gasteiger partial charge in [0.2, 0.25) is 15.9 Å². The van der Waals surface area contributed by atoms with E-state index in [-0.39, 0.29) is 18.0 Å². The molecule has 3 aromatic rings. The molecule has 0 aromatic heterocycles. The number of rotatable bonds is 7. The van der Waals surface area contributed by atoms with E-state index in [0.717, 1.165) is 14.5 Å². The highest BCUT2D eigenvalue weighted by molar-refractivity contribution is 9.10. The van der Waals surface area contributed by atoms with Crippen LogP contribution in [0.25, 0.3) is 0 Å². The van der Waals surface area contributed by atoms with Crippen LogP contribution >= 0.6 is 31.9 Å². The molecular formula is C21H18Br2N2O3S. The molecule has 150 valence electrons. The molecule has 3 aromatic carbocycles. The van der Waals surface area contributed by atoms with Crippen LogP contribution in [0.3, 0.4) is 0 Å². The molecule has 0 heterocycles. The summed E-state index contributed by atoms with van der Waals surface area (Å²) in [5.74, 6) is -0.413. The van der Waals surface area contributed by atoms with Crippen molar-refractivity contribution >= 4 is 53.5 Å². The Labute approximate surface area is 187 Å². The monoisotopic (exact) mass is 536 g/mol. The van der Waals surface area contributed by atoms with E-state index in [4.69, 9.17) is 0 Å². The van der Waals surface area contributed by atoms with Gasteiger partial charge in [0.1, 0.15) is 0 Å². The van der Waals surface area contributed by atoms with Gasteiger partial charge >= 0.3 is 0 Å². The van der Waals surface area contributed by atoms with Gasteiger partial charge in [-0.3, -0.25) is 4.79 Å². The molecule has 0 spiro atoms. The molecule has 0 aliphatic rings. The summed E-state index contributed by atoms with van der Waals surface area (Å²) in [6.07, 6.45) is 0. The van der Waals surface area contributed by atoms with E-state index in [9.17, 15) is 13.2 Å². The van der Waals surface area contributed by atoms with Crippen molar-refractivity contribution in [3.8, 4) is 0 Å². The quantitative estimate of drug-likeness (QED) is 0.459. The van der Waals surface area contributed by atoms with Gasteiger partial charge in [0, 0.05) is 21.2 Å². The first kappa shape index (κ1) is 21.7. The molecule has 5 nitrogen and oxygen atoms in total. The molecule has 0 saturated carbocycles. The van der Waals surface area contributed by atoms with Gasteiger partial charge in [0.05, 0.1) is 11.4 Å². The Morgan fingerprint density at radius 2 is 1.38 bits per heavy atom. The number of anilines is 1. The van der Waals surface area contributed by atoms with Gasteiger partial charge in [0.15, 0.2) is 0 Å². The van der Waals surface area contributed by atoms with Crippen molar-refractivity contribution in [1.29, 1.82) is 0 Å². The first-order chi connectivity index (χ1) is 13.8. The summed E-state index contributed by atoms with van der Waals surface area (Å²) in [7, 11) is -3.87. The Hall–Kier alpha value is -2.00. The fourth-order valence-electron chi connectivity index (χ4n) is 2.66. The summed E-state index contributed by atoms with van der Waals surface area (Å²) >= 11 is 6.65. The van der Waals surface area contributed by atoms with E-state index in [0.29, 0.717) is 5.69 Å². The summed E-state index contributed by atoms with van der Waals surface area (Å²) in [6, 6.07) is 22.6. The van der Waals surface area contributed by atoms with Crippen LogP contribution in [0.4, 0.5) is 5.69 Å². The second-order valence-electron chi connectivity index (χ2n) is 6.27. The number of halogens is 2. The number of carbonyl (C=O) groups excluding carboxylic acids is 1. The summed E-state index contributed by atoms with van der Waals surface area (Å²) in [5.41, 5.74) is 1.39. The third kappa shape index (κ3) is 5.99. The maximum Gasteiger partial charge on any atom is 0.243 e. The van der Waals surface area contributed by atoms with Crippen LogP contribution in [0.2, 0.25) is 0 Å². The normalized spacial score (nSPS) is 11.4. The van der Waals surface area contributed by atoms with Gasteiger partial charge in [-0.15, -0.1) is 0 Å². The fraction of sp³-hybridized carbons (Fsp3) is 0.0952. The maximum absolute atomic E-state index is 13.2. The zero-order chi connectivity index (χ0) is 20.9. The van der Waals surface area contributed by atoms with Crippen molar-refractivity contribution in [3.05, 3.63) is 93.4 Å². The van der Waals surface area contributed by atoms with E-state index in [1.54, 1.807) is 36.4 Å². The highest BCUT2D eigenvalue weighted by Gasteiger charge is 2.27. The third-order valence-corrected chi connectivity index (χ3v) is 6.96. The second kappa shape index (κ2) is 9.67. The summed E-state index contributed by atoms with van der Waals surface area (Å²) in [6.45, 7) is -0.212. The molecule has 29 heavy (non-hydrogen) atoms. The molecule has 0 saturated heterocycles. The number of sulfonamides is 1. The average molecular weight is 538 g/mol. The van der Waals surface area contributed by atoms with Crippen LogP contribution < -0.4 is 5.32 Å². The molecule has 0 fully saturated rings. The SMILES string of the molecule is O=C(CN(Cc1ccccc1)S(=O)(=O)c1ccc(Br)cc1)Nc1ccc(Br)cc1. The smallest absolute Gasteiger partial charge is 0.243 e. The molecule has 0 aliphatic carbocycles. The largest absolute Gasteiger partial charge is 0.325 e. The minimum Gasteiger partial charge on any atom is -0.325 e. The maximum atomic E-state index is 13.2. The van der Waals surface area contributed by atoms with Crippen molar-refractivity contribution < 1.29 is 13.2 Å². The van der Waals surface area contributed by atoms with Gasteiger partial charge < -0.3 is 5.32 Å². The van der Waals surface area contributed by atoms with Gasteiger partial charge in [-0.25, -0.2) is 8.42 Å². The van der Waals surface area contributed by atoms with Crippen molar-refractivity contribution in [1.82, 2.24) is 4.31 Å². The zero-order valence-corrected chi connectivity index (χ0v) is 19.2. The summed E-state index contributed by atoms with van der Waals surface area (Å²) in [5, 5.41) is 2.74. The van der Waals surface area contributed by atoms with Gasteiger partial charge in [0.25, 0.3) is 0 Å². The van der Waals surface area contributed by atoms with E-state index < -0.39 is 15.9 Å². The number of hydrogen-bond acceptors (Lipinski definition) is 3. The first-order valence-corrected chi connectivity index (χ1v) is 11.7. The summed E-state index contributed by atoms with van der Waals surface area (Å²) in [4.78, 5) is 12.7. The Bertz CT molecular complexity index is 1070. The van der Waals surface area contributed by atoms with Crippen molar-refractivity contribution in [2.24, 2.45) is 0 Å². The van der Waals surface area contributed by atoms with Crippen molar-refractivity contribution in [2.75, 3.05) is 11.9 Å². The lowest BCUT2D eigenvalue weighted by Gasteiger charge is -2.22. The molecule has 0 unspecified atom stereocenters. The molecule has 0 aliphatic heterocycles. The van der Waals surface area contributed by atoms with E-state index in [1.165, 1.54) is 16.4 Å². The second-order valence-corrected chi connectivity index (χ2v) is 10.0. The van der Waals surface area contributed by atoms with Crippen LogP contribution in [0, 0.1) is 0 Å². The molecule has 0 atom stereocenters. The predicted molar refractivity (Wildman–Crippen MR) is 121 cm³/mol. The van der Waals surface area contributed by atoms with Gasteiger partial charge in [-0.05, 0) is 54.1 Å². The topological polar surface area (TPSA) is 66.5 Å². The number of carbonyl (C=O) groups is 1. The Kier molecular flexibility index (Phi) is 7.23. The lowest BCUT2D eigenvalue weighted by Crippen LogP contribution is -2.37. The molecule has 8 heteroatoms. The predicted octanol–water partition coefficient (Wildman–Crippen LogP) is 5.04. The molecule has 3 rings (SSSR count). The summed E-state index contributed by atoms with van der Waals surface area (Å²) < 4.78 is 29.3. The molecule has 1 amide bonds. The van der Waals surface area contributed by atoms with Crippen LogP contribution in [0.15, 0.2) is 92.7 Å². The number of benzene rings is 3. The number of amides is 1. The van der Waals surface area contributed by atoms with Gasteiger partial charge in [-0.2, -0.15) is 4.31 Å². The standard InChI is InChI=1S/C21H18Br2N2O3S/c22-17-6-10-19(11-7-17)24-21(26)15-25(14-16-4-2-1-3-5-16)29(27,28)20-12-8-18(23)9-13-20/h1-13H,14-15H2,(H,24,26). The minimum atomic E-state index is -3.87. The van der Waals surface area contributed by atoms with Crippen LogP contribution in [-0.4, -0.2) is 25.2 Å². The molecule has 0 bridgehead atoms. The van der Waals surface area contributed by atoms with Crippen molar-refractivity contribution in [3.63, 3.8) is 0 Å². The number of nitrogens with zero attached hydrogens (tertiary/aromatic N) is 1. The van der Waals surface area contributed by atoms with Crippen LogP contribution in [0.5, 0.6) is 0 Å². The Morgan fingerprint density at radius 1 is 0.828 bits per heavy atom. The zero-order valence-electron chi connectivity index (χ0n) is 15.3. The molecule has 1 N–H and O–H groups in total. The minimum absolute atomic E-state index is 0.0903. The fourth-order valence-corrected chi connectivity index (χ4v) is 4.58. The lowest BCUT2D eigenvalue weighted by atomic mass is 10.2. The molecule has 0 radical (unpaired) electrons. The number of hydrogen-bond donors (Lipinski definition) is 1. The third-order valence-electron chi connectivity index (χ3n) is 4.10. The highest BCUT2D eigenvalue weighted by atomic mass is 79.9. The lowest BCUT2D eigenvalue weighted by molar-refractivity contribution is -0.116. The Morgan fingerprint density at radius 3 is 1.97 bits per heavy atom. The Balaban J connectivity index is 1.85. The average Bonchev–Trinajstić information content (AvgIpc) is 2.70. The van der Waals surface area contributed by atoms with Crippen LogP contribution in [-0.2, 0) is 21.4 Å². The number of nitrogens with one attached hydrogen (secondary N) is 1. The van der Waals surface area contributed by atoms with E-state index >= 15 is 0 Å². The van der Waals surface area contributed by atoms with Gasteiger partial charge in [-0.1, -0.05) is 62.2 Å². The molecular weight excluding hydrogens is 520 g/mol. The highest BCUT2D eigenvalue weighted by Crippen LogP contribution is 2.21. The first-order valence-electron chi connectivity index (χ1n) is 8.70. The van der Waals surface area contributed by atoms with Crippen LogP contribution in [0.1, 0.15) is 5.56 Å². The van der Waals surface area contributed by atoms with E-state index in [2.05, 4.69) is 37.2 Å². The van der Waals surface area contributed by atoms with Crippen molar-refractivity contribution in [2.45, 2.75) is 11.4 Å². The van der Waals surface area contributed by atoms with E-state index in [1.807, 2.05) is 30.3 Å².